The molecule has 0 unspecified atom stereocenters. The molecule has 39 heavy (non-hydrogen) atoms. The Morgan fingerprint density at radius 2 is 1.56 bits per heavy atom. The number of benzene rings is 3. The third-order valence-electron chi connectivity index (χ3n) is 6.62. The fraction of sp³-hybridized carbons (Fsp3) is 0.176. The minimum absolute atomic E-state index is 0. The van der Waals surface area contributed by atoms with Gasteiger partial charge in [0.25, 0.3) is 0 Å². The van der Waals surface area contributed by atoms with Crippen molar-refractivity contribution in [1.29, 1.82) is 0 Å². The molecular weight excluding hydrogens is 673 g/mol. The van der Waals surface area contributed by atoms with E-state index in [1.807, 2.05) is 54.7 Å². The van der Waals surface area contributed by atoms with E-state index in [9.17, 15) is 0 Å². The molecule has 3 nitrogen and oxygen atoms in total. The summed E-state index contributed by atoms with van der Waals surface area (Å²) in [5.74, 6) is 0.463. The van der Waals surface area contributed by atoms with Gasteiger partial charge in [-0.05, 0) is 35.5 Å². The largest absolute Gasteiger partial charge is 0.501 e. The summed E-state index contributed by atoms with van der Waals surface area (Å²) in [5, 5.41) is 3.87. The summed E-state index contributed by atoms with van der Waals surface area (Å²) in [4.78, 5) is 8.82. The number of aromatic nitrogens is 2. The van der Waals surface area contributed by atoms with Gasteiger partial charge in [0.05, 0.1) is 13.7 Å². The van der Waals surface area contributed by atoms with E-state index in [0.29, 0.717) is 5.92 Å². The van der Waals surface area contributed by atoms with Gasteiger partial charge in [0.15, 0.2) is 0 Å². The minimum atomic E-state index is -1.49. The standard InChI is InChI=1S/C23H24NOSi.C11H8N.Ir/c1-15(2)16-12-13-24-19(14-16)17-8-6-9-18-22-20(25-23(17)18)10-7-11-21(22)26(3,4)5;1-2-6-10(7-3-1)11-8-4-5-9-12-11;/h6-7,9-15H,1-5H3;1-6,8-9H;/q2*-1;. The van der Waals surface area contributed by atoms with E-state index in [2.05, 4.69) is 92.0 Å². The molecule has 0 fully saturated rings. The Bertz CT molecular complexity index is 1640. The molecule has 3 aromatic heterocycles. The zero-order valence-electron chi connectivity index (χ0n) is 23.0. The second-order valence-corrected chi connectivity index (χ2v) is 15.8. The van der Waals surface area contributed by atoms with Gasteiger partial charge in [0.2, 0.25) is 0 Å². The third-order valence-corrected chi connectivity index (χ3v) is 8.65. The Hall–Kier alpha value is -3.37. The Labute approximate surface area is 245 Å². The maximum Gasteiger partial charge on any atom is 0.120 e. The van der Waals surface area contributed by atoms with Gasteiger partial charge in [-0.15, -0.1) is 54.1 Å². The van der Waals surface area contributed by atoms with Gasteiger partial charge in [-0.3, -0.25) is 0 Å². The van der Waals surface area contributed by atoms with E-state index in [-0.39, 0.29) is 20.1 Å². The predicted octanol–water partition coefficient (Wildman–Crippen LogP) is 8.66. The van der Waals surface area contributed by atoms with Gasteiger partial charge < -0.3 is 14.4 Å². The number of nitrogens with zero attached hydrogens (tertiary/aromatic N) is 2. The molecule has 0 saturated heterocycles. The summed E-state index contributed by atoms with van der Waals surface area (Å²) < 4.78 is 6.33. The summed E-state index contributed by atoms with van der Waals surface area (Å²) >= 11 is 0. The maximum absolute atomic E-state index is 6.33. The van der Waals surface area contributed by atoms with Gasteiger partial charge in [0, 0.05) is 37.9 Å². The SMILES string of the molecule is CC(C)c1ccnc(-c2[c-]ccc3c2oc2cccc([Si](C)(C)C)c23)c1.[Ir].[c-]1ccccc1-c1ccccn1. The molecule has 0 aliphatic rings. The van der Waals surface area contributed by atoms with Crippen LogP contribution in [0.25, 0.3) is 44.5 Å². The first kappa shape index (κ1) is 28.6. The topological polar surface area (TPSA) is 38.9 Å². The predicted molar refractivity (Wildman–Crippen MR) is 161 cm³/mol. The van der Waals surface area contributed by atoms with Crippen LogP contribution in [-0.4, -0.2) is 18.0 Å². The molecule has 0 N–H and O–H groups in total. The number of hydrogen-bond donors (Lipinski definition) is 0. The van der Waals surface area contributed by atoms with Crippen LogP contribution in [0.1, 0.15) is 25.3 Å². The van der Waals surface area contributed by atoms with Crippen LogP contribution in [0.2, 0.25) is 19.6 Å². The van der Waals surface area contributed by atoms with Crippen LogP contribution >= 0.6 is 0 Å². The fourth-order valence-corrected chi connectivity index (χ4v) is 6.23. The van der Waals surface area contributed by atoms with Crippen molar-refractivity contribution in [3.8, 4) is 22.5 Å². The second-order valence-electron chi connectivity index (χ2n) is 10.7. The van der Waals surface area contributed by atoms with Crippen LogP contribution in [0.5, 0.6) is 0 Å². The molecule has 0 spiro atoms. The van der Waals surface area contributed by atoms with Crippen LogP contribution in [0.15, 0.2) is 102 Å². The van der Waals surface area contributed by atoms with Crippen LogP contribution in [-0.2, 0) is 20.1 Å². The Kier molecular flexibility index (Phi) is 8.96. The Morgan fingerprint density at radius 1 is 0.769 bits per heavy atom. The van der Waals surface area contributed by atoms with Crippen LogP contribution in [0.4, 0.5) is 0 Å². The first-order valence-corrected chi connectivity index (χ1v) is 16.5. The van der Waals surface area contributed by atoms with Crippen molar-refractivity contribution in [2.45, 2.75) is 39.4 Å². The van der Waals surface area contributed by atoms with Crippen LogP contribution in [0.3, 0.4) is 0 Å². The fourth-order valence-electron chi connectivity index (χ4n) is 4.62. The number of rotatable bonds is 4. The summed E-state index contributed by atoms with van der Waals surface area (Å²) in [6, 6.07) is 35.0. The average molecular weight is 705 g/mol. The van der Waals surface area contributed by atoms with Gasteiger partial charge in [-0.1, -0.05) is 85.5 Å². The summed E-state index contributed by atoms with van der Waals surface area (Å²) in [7, 11) is -1.49. The quantitative estimate of drug-likeness (QED) is 0.136. The average Bonchev–Trinajstić information content (AvgIpc) is 3.33. The molecular formula is C34H32IrN2OSi-2. The molecule has 3 aromatic carbocycles. The van der Waals surface area contributed by atoms with E-state index in [1.165, 1.54) is 21.5 Å². The number of pyridine rings is 2. The van der Waals surface area contributed by atoms with Gasteiger partial charge in [0.1, 0.15) is 5.58 Å². The normalized spacial score (nSPS) is 11.2. The van der Waals surface area contributed by atoms with Crippen molar-refractivity contribution < 1.29 is 24.5 Å². The molecule has 0 atom stereocenters. The molecule has 6 aromatic rings. The van der Waals surface area contributed by atoms with Gasteiger partial charge in [-0.2, -0.15) is 0 Å². The van der Waals surface area contributed by atoms with Crippen molar-refractivity contribution in [3.05, 3.63) is 115 Å². The number of hydrogen-bond acceptors (Lipinski definition) is 3. The summed E-state index contributed by atoms with van der Waals surface area (Å²) in [6.07, 6.45) is 3.67. The van der Waals surface area contributed by atoms with Crippen molar-refractivity contribution in [1.82, 2.24) is 9.97 Å². The van der Waals surface area contributed by atoms with Crippen molar-refractivity contribution in [3.63, 3.8) is 0 Å². The van der Waals surface area contributed by atoms with E-state index < -0.39 is 8.07 Å². The molecule has 0 aliphatic heterocycles. The van der Waals surface area contributed by atoms with E-state index in [0.717, 1.165) is 33.7 Å². The number of furan rings is 1. The minimum Gasteiger partial charge on any atom is -0.501 e. The molecule has 6 rings (SSSR count). The smallest absolute Gasteiger partial charge is 0.120 e. The Balaban J connectivity index is 0.000000228. The van der Waals surface area contributed by atoms with Crippen LogP contribution < -0.4 is 5.19 Å². The molecule has 3 heterocycles. The van der Waals surface area contributed by atoms with E-state index in [4.69, 9.17) is 4.42 Å². The molecule has 1 radical (unpaired) electrons. The Morgan fingerprint density at radius 3 is 2.26 bits per heavy atom. The second kappa shape index (κ2) is 12.2. The van der Waals surface area contributed by atoms with Crippen molar-refractivity contribution in [2.75, 3.05) is 0 Å². The first-order valence-electron chi connectivity index (χ1n) is 13.0. The summed E-state index contributed by atoms with van der Waals surface area (Å²) in [5.41, 5.74) is 7.01. The van der Waals surface area contributed by atoms with E-state index in [1.54, 1.807) is 6.20 Å². The molecule has 199 valence electrons. The van der Waals surface area contributed by atoms with Crippen molar-refractivity contribution >= 4 is 35.2 Å². The van der Waals surface area contributed by atoms with Gasteiger partial charge in [-0.25, -0.2) is 0 Å². The third kappa shape index (κ3) is 6.28. The summed E-state index contributed by atoms with van der Waals surface area (Å²) in [6.45, 7) is 11.5. The molecule has 5 heteroatoms. The first-order chi connectivity index (χ1) is 18.3. The molecule has 0 bridgehead atoms. The zero-order valence-corrected chi connectivity index (χ0v) is 26.3. The maximum atomic E-state index is 6.33. The van der Waals surface area contributed by atoms with E-state index >= 15 is 0 Å². The van der Waals surface area contributed by atoms with Gasteiger partial charge >= 0.3 is 0 Å². The van der Waals surface area contributed by atoms with Crippen molar-refractivity contribution in [2.24, 2.45) is 0 Å². The monoisotopic (exact) mass is 705 g/mol. The molecule has 0 amide bonds. The number of fused-ring (bicyclic) bond motifs is 3. The zero-order chi connectivity index (χ0) is 26.7. The molecule has 0 aliphatic carbocycles. The molecule has 0 saturated carbocycles. The van der Waals surface area contributed by atoms with Crippen LogP contribution in [0, 0.1) is 12.1 Å².